The maximum Gasteiger partial charge on any atom is 0.0743 e. The summed E-state index contributed by atoms with van der Waals surface area (Å²) in [4.78, 5) is 3.13. The highest BCUT2D eigenvalue weighted by Gasteiger charge is 2.19. The molecule has 1 aromatic heterocycles. The van der Waals surface area contributed by atoms with Gasteiger partial charge in [-0.25, -0.2) is 0 Å². The molecule has 0 aliphatic carbocycles. The Morgan fingerprint density at radius 1 is 0.842 bits per heavy atom. The van der Waals surface area contributed by atoms with Gasteiger partial charge < -0.3 is 0 Å². The monoisotopic (exact) mass is 336 g/mol. The molecular weight excluding hydrogens is 316 g/mol. The van der Waals surface area contributed by atoms with Crippen LogP contribution >= 0.6 is 27.3 Å². The normalized spacial score (nSPS) is 12.8. The second kappa shape index (κ2) is 5.41. The van der Waals surface area contributed by atoms with Gasteiger partial charge in [0.05, 0.1) is 4.83 Å². The van der Waals surface area contributed by atoms with Crippen molar-refractivity contribution < 1.29 is 0 Å². The lowest BCUT2D eigenvalue weighted by Crippen LogP contribution is -2.02. The van der Waals surface area contributed by atoms with E-state index in [9.17, 15) is 0 Å². The number of rotatable bonds is 2. The molecule has 0 aliphatic heterocycles. The first-order valence-corrected chi connectivity index (χ1v) is 8.34. The maximum atomic E-state index is 3.92. The van der Waals surface area contributed by atoms with Crippen LogP contribution in [0.1, 0.15) is 48.0 Å². The van der Waals surface area contributed by atoms with Gasteiger partial charge in [-0.05, 0) is 81.0 Å². The molecule has 0 saturated heterocycles. The Bertz CT molecular complexity index is 577. The summed E-state index contributed by atoms with van der Waals surface area (Å²) in [6.07, 6.45) is 0. The lowest BCUT2D eigenvalue weighted by atomic mass is 9.92. The third-order valence-electron chi connectivity index (χ3n) is 4.11. The van der Waals surface area contributed by atoms with Gasteiger partial charge in [-0.3, -0.25) is 0 Å². The molecule has 0 bridgehead atoms. The number of benzene rings is 1. The molecule has 0 amide bonds. The fraction of sp³-hybridized carbons (Fsp3) is 0.412. The summed E-state index contributed by atoms with van der Waals surface area (Å²) in [5, 5.41) is 0. The van der Waals surface area contributed by atoms with E-state index in [4.69, 9.17) is 0 Å². The molecular formula is C17H21BrS. The number of alkyl halides is 1. The quantitative estimate of drug-likeness (QED) is 0.582. The topological polar surface area (TPSA) is 0 Å². The van der Waals surface area contributed by atoms with E-state index in [1.165, 1.54) is 43.1 Å². The number of aryl methyl sites for hydroxylation is 4. The van der Waals surface area contributed by atoms with Gasteiger partial charge in [-0.1, -0.05) is 22.0 Å². The second-order valence-corrected chi connectivity index (χ2v) is 7.63. The summed E-state index contributed by atoms with van der Waals surface area (Å²) >= 11 is 5.82. The van der Waals surface area contributed by atoms with E-state index >= 15 is 0 Å². The molecule has 102 valence electrons. The summed E-state index contributed by atoms with van der Waals surface area (Å²) < 4.78 is 0. The average molecular weight is 337 g/mol. The Hall–Kier alpha value is -0.600. The van der Waals surface area contributed by atoms with Gasteiger partial charge >= 0.3 is 0 Å². The van der Waals surface area contributed by atoms with E-state index in [-0.39, 0.29) is 0 Å². The molecule has 2 rings (SSSR count). The van der Waals surface area contributed by atoms with E-state index in [0.717, 1.165) is 0 Å². The SMILES string of the molecule is Cc1cc(C(Br)c2c(C)c(C)cc(C)c2C)sc1C. The minimum atomic E-state index is 0.309. The molecule has 0 aliphatic rings. The Kier molecular flexibility index (Phi) is 4.22. The molecule has 0 saturated carbocycles. The smallest absolute Gasteiger partial charge is 0.0743 e. The molecule has 1 aromatic carbocycles. The van der Waals surface area contributed by atoms with Crippen molar-refractivity contribution in [3.05, 3.63) is 55.3 Å². The van der Waals surface area contributed by atoms with Gasteiger partial charge in [0.15, 0.2) is 0 Å². The summed E-state index contributed by atoms with van der Waals surface area (Å²) in [6, 6.07) is 4.61. The van der Waals surface area contributed by atoms with Crippen LogP contribution in [-0.2, 0) is 0 Å². The molecule has 2 aromatic rings. The lowest BCUT2D eigenvalue weighted by Gasteiger charge is -2.19. The van der Waals surface area contributed by atoms with Crippen molar-refractivity contribution in [3.8, 4) is 0 Å². The van der Waals surface area contributed by atoms with Gasteiger partial charge in [-0.2, -0.15) is 0 Å². The third-order valence-corrected chi connectivity index (χ3v) is 6.58. The Morgan fingerprint density at radius 2 is 1.37 bits per heavy atom. The van der Waals surface area contributed by atoms with Crippen LogP contribution in [0.15, 0.2) is 12.1 Å². The Labute approximate surface area is 129 Å². The average Bonchev–Trinajstić information content (AvgIpc) is 2.67. The Balaban J connectivity index is 2.58. The van der Waals surface area contributed by atoms with Crippen molar-refractivity contribution in [1.29, 1.82) is 0 Å². The summed E-state index contributed by atoms with van der Waals surface area (Å²) in [6.45, 7) is 13.3. The Morgan fingerprint density at radius 3 is 1.79 bits per heavy atom. The zero-order valence-electron chi connectivity index (χ0n) is 12.5. The van der Waals surface area contributed by atoms with Crippen molar-refractivity contribution in [2.75, 3.05) is 0 Å². The first-order chi connectivity index (χ1) is 8.82. The van der Waals surface area contributed by atoms with Crippen molar-refractivity contribution in [3.63, 3.8) is 0 Å². The molecule has 0 fully saturated rings. The first-order valence-electron chi connectivity index (χ1n) is 6.61. The van der Waals surface area contributed by atoms with Gasteiger partial charge in [0.25, 0.3) is 0 Å². The van der Waals surface area contributed by atoms with Crippen molar-refractivity contribution in [2.45, 2.75) is 46.4 Å². The minimum absolute atomic E-state index is 0.309. The minimum Gasteiger partial charge on any atom is -0.144 e. The highest BCUT2D eigenvalue weighted by molar-refractivity contribution is 9.09. The van der Waals surface area contributed by atoms with Crippen LogP contribution in [0.25, 0.3) is 0 Å². The van der Waals surface area contributed by atoms with Crippen LogP contribution in [-0.4, -0.2) is 0 Å². The van der Waals surface area contributed by atoms with Crippen LogP contribution in [0.4, 0.5) is 0 Å². The van der Waals surface area contributed by atoms with Crippen LogP contribution < -0.4 is 0 Å². The molecule has 0 nitrogen and oxygen atoms in total. The van der Waals surface area contributed by atoms with Crippen LogP contribution in [0.2, 0.25) is 0 Å². The van der Waals surface area contributed by atoms with Crippen LogP contribution in [0.5, 0.6) is 0 Å². The molecule has 2 heteroatoms. The number of hydrogen-bond acceptors (Lipinski definition) is 1. The molecule has 0 radical (unpaired) electrons. The fourth-order valence-corrected chi connectivity index (χ4v) is 4.63. The third kappa shape index (κ3) is 2.66. The summed E-state index contributed by atoms with van der Waals surface area (Å²) in [5.74, 6) is 0. The zero-order valence-corrected chi connectivity index (χ0v) is 14.9. The van der Waals surface area contributed by atoms with E-state index in [2.05, 4.69) is 69.6 Å². The molecule has 1 atom stereocenters. The van der Waals surface area contributed by atoms with Gasteiger partial charge in [0, 0.05) is 9.75 Å². The summed E-state index contributed by atoms with van der Waals surface area (Å²) in [5.41, 5.74) is 8.42. The van der Waals surface area contributed by atoms with E-state index < -0.39 is 0 Å². The zero-order chi connectivity index (χ0) is 14.3. The standard InChI is InChI=1S/C17H21BrS/c1-9-7-10(2)13(5)16(12(9)4)17(18)15-8-11(3)14(6)19-15/h7-8,17H,1-6H3. The predicted octanol–water partition coefficient (Wildman–Crippen LogP) is 6.08. The number of hydrogen-bond donors (Lipinski definition) is 0. The first kappa shape index (κ1) is 14.8. The van der Waals surface area contributed by atoms with E-state index in [1.807, 2.05) is 11.3 Å². The lowest BCUT2D eigenvalue weighted by molar-refractivity contribution is 1.09. The van der Waals surface area contributed by atoms with Crippen LogP contribution in [0.3, 0.4) is 0 Å². The number of thiophene rings is 1. The molecule has 19 heavy (non-hydrogen) atoms. The van der Waals surface area contributed by atoms with Crippen LogP contribution in [0, 0.1) is 41.5 Å². The molecule has 1 heterocycles. The van der Waals surface area contributed by atoms with Crippen molar-refractivity contribution in [1.82, 2.24) is 0 Å². The predicted molar refractivity (Wildman–Crippen MR) is 90.0 cm³/mol. The van der Waals surface area contributed by atoms with E-state index in [1.54, 1.807) is 0 Å². The maximum absolute atomic E-state index is 3.92. The van der Waals surface area contributed by atoms with Crippen molar-refractivity contribution >= 4 is 27.3 Å². The van der Waals surface area contributed by atoms with E-state index in [0.29, 0.717) is 4.83 Å². The summed E-state index contributed by atoms with van der Waals surface area (Å²) in [7, 11) is 0. The second-order valence-electron chi connectivity index (χ2n) is 5.42. The van der Waals surface area contributed by atoms with Gasteiger partial charge in [-0.15, -0.1) is 11.3 Å². The molecule has 1 unspecified atom stereocenters. The largest absolute Gasteiger partial charge is 0.144 e. The highest BCUT2D eigenvalue weighted by atomic mass is 79.9. The fourth-order valence-electron chi connectivity index (χ4n) is 2.50. The molecule has 0 N–H and O–H groups in total. The highest BCUT2D eigenvalue weighted by Crippen LogP contribution is 2.40. The van der Waals surface area contributed by atoms with Crippen molar-refractivity contribution in [2.24, 2.45) is 0 Å². The molecule has 0 spiro atoms. The van der Waals surface area contributed by atoms with Gasteiger partial charge in [0.2, 0.25) is 0 Å². The van der Waals surface area contributed by atoms with Gasteiger partial charge in [0.1, 0.15) is 0 Å². The number of halogens is 1.